The van der Waals surface area contributed by atoms with E-state index in [2.05, 4.69) is 22.8 Å². The van der Waals surface area contributed by atoms with Gasteiger partial charge in [0.25, 0.3) is 0 Å². The first-order chi connectivity index (χ1) is 18.6. The average Bonchev–Trinajstić information content (AvgIpc) is 2.98. The third-order valence-corrected chi connectivity index (χ3v) is 6.44. The van der Waals surface area contributed by atoms with Crippen LogP contribution < -0.4 is 15.4 Å². The van der Waals surface area contributed by atoms with E-state index in [0.717, 1.165) is 35.3 Å². The fraction of sp³-hybridized carbons (Fsp3) is 0.250. The molecule has 0 aliphatic heterocycles. The molecule has 0 saturated carbocycles. The number of rotatable bonds is 14. The molecule has 5 N–H and O–H groups in total. The van der Waals surface area contributed by atoms with Crippen molar-refractivity contribution in [3.05, 3.63) is 131 Å². The molecule has 0 radical (unpaired) electrons. The Morgan fingerprint density at radius 3 is 2.08 bits per heavy atom. The molecule has 2 atom stereocenters. The first kappa shape index (κ1) is 27.4. The van der Waals surface area contributed by atoms with Gasteiger partial charge in [0.05, 0.1) is 18.8 Å². The Morgan fingerprint density at radius 2 is 1.37 bits per heavy atom. The van der Waals surface area contributed by atoms with Crippen molar-refractivity contribution in [2.24, 2.45) is 0 Å². The van der Waals surface area contributed by atoms with Crippen molar-refractivity contribution in [2.75, 3.05) is 25.0 Å². The summed E-state index contributed by atoms with van der Waals surface area (Å²) in [7, 11) is 0. The standard InChI is InChI=1S/C32H36N2O4/c35-22-28-19-27(13-16-32(28)38-23-25-7-3-1-4-8-25)30(36)20-33-18-17-24-11-14-29(15-12-24)34-21-31(37)26-9-5-2-6-10-26/h1-16,19,30-31,33-37H,17-18,20-23H2/t30-,31+/m1/s1. The molecule has 0 aromatic heterocycles. The summed E-state index contributed by atoms with van der Waals surface area (Å²) < 4.78 is 5.88. The van der Waals surface area contributed by atoms with Crippen molar-refractivity contribution < 1.29 is 20.1 Å². The van der Waals surface area contributed by atoms with E-state index in [4.69, 9.17) is 4.74 Å². The van der Waals surface area contributed by atoms with E-state index in [1.807, 2.05) is 84.9 Å². The Labute approximate surface area is 224 Å². The highest BCUT2D eigenvalue weighted by atomic mass is 16.5. The summed E-state index contributed by atoms with van der Waals surface area (Å²) in [4.78, 5) is 0. The number of hydrogen-bond donors (Lipinski definition) is 5. The number of nitrogens with one attached hydrogen (secondary N) is 2. The number of anilines is 1. The summed E-state index contributed by atoms with van der Waals surface area (Å²) in [6.07, 6.45) is -0.419. The largest absolute Gasteiger partial charge is 0.489 e. The third-order valence-electron chi connectivity index (χ3n) is 6.44. The average molecular weight is 513 g/mol. The van der Waals surface area contributed by atoms with E-state index in [1.165, 1.54) is 5.56 Å². The number of ether oxygens (including phenoxy) is 1. The molecule has 4 aromatic rings. The van der Waals surface area contributed by atoms with Crippen LogP contribution in [0.25, 0.3) is 0 Å². The fourth-order valence-corrected chi connectivity index (χ4v) is 4.19. The summed E-state index contributed by atoms with van der Waals surface area (Å²) in [5.41, 5.74) is 5.48. The molecule has 0 aliphatic carbocycles. The highest BCUT2D eigenvalue weighted by Crippen LogP contribution is 2.25. The molecule has 0 aliphatic rings. The van der Waals surface area contributed by atoms with Crippen LogP contribution in [0.2, 0.25) is 0 Å². The van der Waals surface area contributed by atoms with Crippen LogP contribution in [-0.4, -0.2) is 35.0 Å². The maximum Gasteiger partial charge on any atom is 0.125 e. The Kier molecular flexibility index (Phi) is 10.3. The van der Waals surface area contributed by atoms with Gasteiger partial charge in [0.15, 0.2) is 0 Å². The van der Waals surface area contributed by atoms with Gasteiger partial charge in [-0.3, -0.25) is 0 Å². The summed E-state index contributed by atoms with van der Waals surface area (Å²) >= 11 is 0. The molecule has 0 amide bonds. The van der Waals surface area contributed by atoms with Gasteiger partial charge in [-0.1, -0.05) is 78.9 Å². The molecule has 6 heteroatoms. The van der Waals surface area contributed by atoms with Crippen LogP contribution >= 0.6 is 0 Å². The van der Waals surface area contributed by atoms with Gasteiger partial charge in [-0.05, 0) is 59.5 Å². The smallest absolute Gasteiger partial charge is 0.125 e. The van der Waals surface area contributed by atoms with E-state index in [0.29, 0.717) is 31.0 Å². The molecule has 4 rings (SSSR count). The second kappa shape index (κ2) is 14.3. The first-order valence-corrected chi connectivity index (χ1v) is 13.0. The number of aliphatic hydroxyl groups excluding tert-OH is 3. The minimum absolute atomic E-state index is 0.159. The van der Waals surface area contributed by atoms with Gasteiger partial charge in [0.2, 0.25) is 0 Å². The van der Waals surface area contributed by atoms with Crippen molar-refractivity contribution in [3.8, 4) is 5.75 Å². The lowest BCUT2D eigenvalue weighted by Gasteiger charge is -2.16. The Morgan fingerprint density at radius 1 is 0.684 bits per heavy atom. The molecule has 0 unspecified atom stereocenters. The van der Waals surface area contributed by atoms with Crippen LogP contribution in [0.15, 0.2) is 103 Å². The lowest BCUT2D eigenvalue weighted by Crippen LogP contribution is -2.23. The van der Waals surface area contributed by atoms with Gasteiger partial charge in [0.1, 0.15) is 12.4 Å². The van der Waals surface area contributed by atoms with Gasteiger partial charge in [-0.25, -0.2) is 0 Å². The highest BCUT2D eigenvalue weighted by molar-refractivity contribution is 5.45. The van der Waals surface area contributed by atoms with Crippen molar-refractivity contribution in [3.63, 3.8) is 0 Å². The van der Waals surface area contributed by atoms with Crippen LogP contribution in [0, 0.1) is 0 Å². The van der Waals surface area contributed by atoms with Crippen molar-refractivity contribution in [1.82, 2.24) is 5.32 Å². The summed E-state index contributed by atoms with van der Waals surface area (Å²) in [6, 6.07) is 33.1. The highest BCUT2D eigenvalue weighted by Gasteiger charge is 2.12. The van der Waals surface area contributed by atoms with Gasteiger partial charge in [-0.15, -0.1) is 0 Å². The van der Waals surface area contributed by atoms with Crippen LogP contribution in [-0.2, 0) is 19.6 Å². The number of benzene rings is 4. The molecule has 6 nitrogen and oxygen atoms in total. The van der Waals surface area contributed by atoms with Crippen LogP contribution in [0.3, 0.4) is 0 Å². The maximum atomic E-state index is 10.6. The lowest BCUT2D eigenvalue weighted by molar-refractivity contribution is 0.174. The lowest BCUT2D eigenvalue weighted by atomic mass is 10.0. The topological polar surface area (TPSA) is 94.0 Å². The molecule has 0 heterocycles. The molecule has 0 bridgehead atoms. The number of hydrogen-bond acceptors (Lipinski definition) is 6. The van der Waals surface area contributed by atoms with Crippen molar-refractivity contribution >= 4 is 5.69 Å². The second-order valence-electron chi connectivity index (χ2n) is 9.27. The van der Waals surface area contributed by atoms with Crippen molar-refractivity contribution in [1.29, 1.82) is 0 Å². The summed E-state index contributed by atoms with van der Waals surface area (Å²) in [5.74, 6) is 0.618. The molecular weight excluding hydrogens is 476 g/mol. The zero-order valence-corrected chi connectivity index (χ0v) is 21.5. The van der Waals surface area contributed by atoms with Crippen LogP contribution in [0.4, 0.5) is 5.69 Å². The quantitative estimate of drug-likeness (QED) is 0.156. The minimum atomic E-state index is -0.689. The normalized spacial score (nSPS) is 12.6. The van der Waals surface area contributed by atoms with E-state index >= 15 is 0 Å². The van der Waals surface area contributed by atoms with Crippen molar-refractivity contribution in [2.45, 2.75) is 31.8 Å². The Balaban J connectivity index is 1.19. The molecule has 38 heavy (non-hydrogen) atoms. The predicted molar refractivity (Wildman–Crippen MR) is 151 cm³/mol. The van der Waals surface area contributed by atoms with Crippen LogP contribution in [0.1, 0.15) is 40.0 Å². The number of aliphatic hydroxyl groups is 3. The van der Waals surface area contributed by atoms with Gasteiger partial charge in [-0.2, -0.15) is 0 Å². The summed E-state index contributed by atoms with van der Waals surface area (Å²) in [6.45, 7) is 1.84. The van der Waals surface area contributed by atoms with E-state index in [1.54, 1.807) is 6.07 Å². The van der Waals surface area contributed by atoms with E-state index in [9.17, 15) is 15.3 Å². The monoisotopic (exact) mass is 512 g/mol. The third kappa shape index (κ3) is 8.16. The Bertz CT molecular complexity index is 1230. The van der Waals surface area contributed by atoms with E-state index in [-0.39, 0.29) is 6.61 Å². The van der Waals surface area contributed by atoms with Gasteiger partial charge in [0, 0.05) is 24.3 Å². The molecule has 0 saturated heterocycles. The predicted octanol–water partition coefficient (Wildman–Crippen LogP) is 4.77. The first-order valence-electron chi connectivity index (χ1n) is 13.0. The minimum Gasteiger partial charge on any atom is -0.489 e. The van der Waals surface area contributed by atoms with Gasteiger partial charge >= 0.3 is 0 Å². The van der Waals surface area contributed by atoms with E-state index < -0.39 is 12.2 Å². The zero-order valence-electron chi connectivity index (χ0n) is 21.5. The SMILES string of the molecule is OCc1cc([C@H](O)CNCCc2ccc(NC[C@H](O)c3ccccc3)cc2)ccc1OCc1ccccc1. The molecule has 0 fully saturated rings. The Hall–Kier alpha value is -3.68. The summed E-state index contributed by atoms with van der Waals surface area (Å²) in [5, 5.41) is 37.3. The molecule has 0 spiro atoms. The molecule has 4 aromatic carbocycles. The molecular formula is C32H36N2O4. The fourth-order valence-electron chi connectivity index (χ4n) is 4.19. The maximum absolute atomic E-state index is 10.6. The molecule has 198 valence electrons. The van der Waals surface area contributed by atoms with Crippen LogP contribution in [0.5, 0.6) is 5.75 Å². The van der Waals surface area contributed by atoms with Gasteiger partial charge < -0.3 is 30.7 Å². The zero-order chi connectivity index (χ0) is 26.6. The second-order valence-corrected chi connectivity index (χ2v) is 9.27.